The molecule has 1 aliphatic rings. The molecule has 1 atom stereocenters. The van der Waals surface area contributed by atoms with Crippen LogP contribution in [0.1, 0.15) is 48.2 Å². The lowest BCUT2D eigenvalue weighted by atomic mass is 9.84. The summed E-state index contributed by atoms with van der Waals surface area (Å²) in [5.74, 6) is -1.29. The third-order valence-electron chi connectivity index (χ3n) is 6.94. The summed E-state index contributed by atoms with van der Waals surface area (Å²) in [5, 5.41) is 8.64. The monoisotopic (exact) mass is 643 g/mol. The van der Waals surface area contributed by atoms with Gasteiger partial charge in [0.15, 0.2) is 0 Å². The van der Waals surface area contributed by atoms with Gasteiger partial charge in [-0.1, -0.05) is 44.2 Å². The van der Waals surface area contributed by atoms with E-state index in [0.717, 1.165) is 43.4 Å². The first-order valence-electron chi connectivity index (χ1n) is 14.0. The van der Waals surface area contributed by atoms with Gasteiger partial charge in [0.1, 0.15) is 17.5 Å². The molecule has 0 spiro atoms. The highest BCUT2D eigenvalue weighted by molar-refractivity contribution is 7.17. The van der Waals surface area contributed by atoms with E-state index in [2.05, 4.69) is 25.4 Å². The Morgan fingerprint density at radius 3 is 2.20 bits per heavy atom. The van der Waals surface area contributed by atoms with Crippen molar-refractivity contribution in [2.24, 2.45) is 5.92 Å². The minimum absolute atomic E-state index is 0.191. The van der Waals surface area contributed by atoms with Crippen molar-refractivity contribution >= 4 is 28.8 Å². The quantitative estimate of drug-likeness (QED) is 0.141. The van der Waals surface area contributed by atoms with Crippen molar-refractivity contribution in [1.82, 2.24) is 10.6 Å². The fourth-order valence-electron chi connectivity index (χ4n) is 4.97. The second-order valence-corrected chi connectivity index (χ2v) is 11.4. The number of carbonyl (C=O) groups is 2. The molecular weight excluding hydrogens is 612 g/mol. The van der Waals surface area contributed by atoms with Gasteiger partial charge in [-0.2, -0.15) is 0 Å². The van der Waals surface area contributed by atoms with Crippen molar-refractivity contribution in [3.63, 3.8) is 0 Å². The van der Waals surface area contributed by atoms with E-state index < -0.39 is 24.7 Å². The lowest BCUT2D eigenvalue weighted by Crippen LogP contribution is -2.48. The van der Waals surface area contributed by atoms with Gasteiger partial charge in [-0.15, -0.1) is 37.7 Å². The number of halogens is 6. The van der Waals surface area contributed by atoms with E-state index in [-0.39, 0.29) is 36.4 Å². The first kappa shape index (κ1) is 33.0. The Morgan fingerprint density at radius 1 is 0.841 bits per heavy atom. The molecule has 1 saturated carbocycles. The zero-order chi connectivity index (χ0) is 31.7. The Morgan fingerprint density at radius 2 is 1.52 bits per heavy atom. The Kier molecular flexibility index (Phi) is 11.0. The number of hydrogen-bond acceptors (Lipinski definition) is 6. The van der Waals surface area contributed by atoms with Gasteiger partial charge in [-0.3, -0.25) is 9.59 Å². The summed E-state index contributed by atoms with van der Waals surface area (Å²) in [6, 6.07) is 13.0. The van der Waals surface area contributed by atoms with Gasteiger partial charge < -0.3 is 25.4 Å². The summed E-state index contributed by atoms with van der Waals surface area (Å²) in [5.41, 5.74) is 0.979. The molecule has 14 heteroatoms. The van der Waals surface area contributed by atoms with Crippen LogP contribution >= 0.6 is 11.3 Å². The molecule has 3 aromatic rings. The molecule has 2 amide bonds. The van der Waals surface area contributed by atoms with E-state index in [1.54, 1.807) is 18.2 Å². The molecule has 0 radical (unpaired) electrons. The summed E-state index contributed by atoms with van der Waals surface area (Å²) < 4.78 is 82.8. The van der Waals surface area contributed by atoms with Crippen molar-refractivity contribution in [1.29, 1.82) is 0 Å². The Labute approximate surface area is 253 Å². The van der Waals surface area contributed by atoms with Crippen LogP contribution in [0.5, 0.6) is 11.5 Å². The number of rotatable bonds is 12. The van der Waals surface area contributed by atoms with Crippen LogP contribution in [-0.2, 0) is 4.79 Å². The van der Waals surface area contributed by atoms with Crippen molar-refractivity contribution in [3.8, 4) is 21.9 Å². The highest BCUT2D eigenvalue weighted by Gasteiger charge is 2.32. The molecule has 0 bridgehead atoms. The van der Waals surface area contributed by atoms with E-state index in [1.165, 1.54) is 42.5 Å². The number of nitrogens with one attached hydrogen (secondary N) is 3. The minimum Gasteiger partial charge on any atom is -0.406 e. The first-order chi connectivity index (χ1) is 20.8. The molecule has 1 heterocycles. The largest absolute Gasteiger partial charge is 0.573 e. The molecule has 1 fully saturated rings. The van der Waals surface area contributed by atoms with Gasteiger partial charge in [-0.05, 0) is 66.4 Å². The van der Waals surface area contributed by atoms with Crippen molar-refractivity contribution in [2.45, 2.75) is 57.3 Å². The van der Waals surface area contributed by atoms with Gasteiger partial charge in [0.2, 0.25) is 5.91 Å². The summed E-state index contributed by atoms with van der Waals surface area (Å²) in [6.45, 7) is 0.469. The number of thiophene rings is 1. The highest BCUT2D eigenvalue weighted by Crippen LogP contribution is 2.33. The summed E-state index contributed by atoms with van der Waals surface area (Å²) in [7, 11) is 0. The Hall–Kier alpha value is -3.94. The van der Waals surface area contributed by atoms with Gasteiger partial charge in [0.05, 0.1) is 4.88 Å². The van der Waals surface area contributed by atoms with E-state index >= 15 is 0 Å². The summed E-state index contributed by atoms with van der Waals surface area (Å²) in [4.78, 5) is 27.2. The second-order valence-electron chi connectivity index (χ2n) is 10.3. The maximum absolute atomic E-state index is 13.2. The number of hydrogen-bond donors (Lipinski definition) is 3. The maximum Gasteiger partial charge on any atom is 0.573 e. The molecular formula is C30H31F6N3O4S. The molecule has 1 aromatic heterocycles. The smallest absolute Gasteiger partial charge is 0.406 e. The average Bonchev–Trinajstić information content (AvgIpc) is 3.46. The molecule has 7 nitrogen and oxygen atoms in total. The molecule has 2 aromatic carbocycles. The standard InChI is InChI=1S/C30H31F6N3O4S/c31-29(32,33)42-22-11-9-21(10-12-22)37-15-16-38-27(40)24(17-19-5-2-1-3-6-19)39-28(41)26-14-13-25(44-26)20-7-4-8-23(18-20)43-30(34,35)36/h4,7-14,18-19,24,37H,1-3,5-6,15-17H2,(H,38,40)(H,39,41)/t24-/m0/s1. The SMILES string of the molecule is O=C(N[C@@H](CC1CCCCC1)C(=O)NCCNc1ccc(OC(F)(F)F)cc1)c1ccc(-c2cccc(OC(F)(F)F)c2)s1. The van der Waals surface area contributed by atoms with Gasteiger partial charge in [0.25, 0.3) is 5.91 Å². The molecule has 1 aliphatic carbocycles. The predicted molar refractivity (Wildman–Crippen MR) is 154 cm³/mol. The molecule has 0 aliphatic heterocycles. The van der Waals surface area contributed by atoms with Gasteiger partial charge in [-0.25, -0.2) is 0 Å². The third-order valence-corrected chi connectivity index (χ3v) is 8.07. The number of carbonyl (C=O) groups excluding carboxylic acids is 2. The summed E-state index contributed by atoms with van der Waals surface area (Å²) >= 11 is 1.08. The van der Waals surface area contributed by atoms with Crippen LogP contribution < -0.4 is 25.4 Å². The normalized spacial score (nSPS) is 14.9. The van der Waals surface area contributed by atoms with Crippen molar-refractivity contribution < 1.29 is 45.4 Å². The Bertz CT molecular complexity index is 1390. The van der Waals surface area contributed by atoms with Crippen LogP contribution in [0.4, 0.5) is 32.0 Å². The van der Waals surface area contributed by atoms with Crippen LogP contribution in [-0.4, -0.2) is 43.7 Å². The number of alkyl halides is 6. The fourth-order valence-corrected chi connectivity index (χ4v) is 5.87. The highest BCUT2D eigenvalue weighted by atomic mass is 32.1. The summed E-state index contributed by atoms with van der Waals surface area (Å²) in [6.07, 6.45) is -4.02. The van der Waals surface area contributed by atoms with Crippen LogP contribution in [0.2, 0.25) is 0 Å². The van der Waals surface area contributed by atoms with Crippen molar-refractivity contribution in [3.05, 3.63) is 65.5 Å². The lowest BCUT2D eigenvalue weighted by Gasteiger charge is -2.26. The number of ether oxygens (including phenoxy) is 2. The van der Waals surface area contributed by atoms with Crippen LogP contribution in [0.15, 0.2) is 60.7 Å². The first-order valence-corrected chi connectivity index (χ1v) is 14.8. The average molecular weight is 644 g/mol. The van der Waals surface area contributed by atoms with E-state index in [1.807, 2.05) is 0 Å². The molecule has 4 rings (SSSR count). The molecule has 0 unspecified atom stereocenters. The predicted octanol–water partition coefficient (Wildman–Crippen LogP) is 7.51. The topological polar surface area (TPSA) is 88.7 Å². The fraction of sp³-hybridized carbons (Fsp3) is 0.400. The van der Waals surface area contributed by atoms with E-state index in [9.17, 15) is 35.9 Å². The third kappa shape index (κ3) is 10.6. The van der Waals surface area contributed by atoms with E-state index in [4.69, 9.17) is 0 Å². The maximum atomic E-state index is 13.2. The second kappa shape index (κ2) is 14.7. The molecule has 3 N–H and O–H groups in total. The number of benzene rings is 2. The number of anilines is 1. The van der Waals surface area contributed by atoms with Crippen molar-refractivity contribution in [2.75, 3.05) is 18.4 Å². The lowest BCUT2D eigenvalue weighted by molar-refractivity contribution is -0.275. The van der Waals surface area contributed by atoms with Crippen LogP contribution in [0.25, 0.3) is 10.4 Å². The molecule has 0 saturated heterocycles. The number of amides is 2. The van der Waals surface area contributed by atoms with E-state index in [0.29, 0.717) is 27.4 Å². The van der Waals surface area contributed by atoms with Gasteiger partial charge >= 0.3 is 12.7 Å². The van der Waals surface area contributed by atoms with Crippen LogP contribution in [0.3, 0.4) is 0 Å². The minimum atomic E-state index is -4.83. The molecule has 238 valence electrons. The zero-order valence-electron chi connectivity index (χ0n) is 23.4. The van der Waals surface area contributed by atoms with Crippen LogP contribution in [0, 0.1) is 5.92 Å². The Balaban J connectivity index is 1.34. The zero-order valence-corrected chi connectivity index (χ0v) is 24.2. The van der Waals surface area contributed by atoms with Gasteiger partial charge in [0, 0.05) is 23.7 Å². The molecule has 44 heavy (non-hydrogen) atoms.